The van der Waals surface area contributed by atoms with Crippen LogP contribution in [0, 0.1) is 0 Å². The van der Waals surface area contributed by atoms with E-state index in [2.05, 4.69) is 11.1 Å². The van der Waals surface area contributed by atoms with Crippen LogP contribution in [0.15, 0.2) is 12.7 Å². The topological polar surface area (TPSA) is 95.9 Å². The molecule has 0 bridgehead atoms. The molecule has 0 amide bonds. The van der Waals surface area contributed by atoms with Crippen LogP contribution < -0.4 is 4.89 Å². The normalized spacial score (nSPS) is 16.5. The van der Waals surface area contributed by atoms with Gasteiger partial charge in [-0.2, -0.15) is 0 Å². The van der Waals surface area contributed by atoms with Crippen LogP contribution >= 0.6 is 7.82 Å². The van der Waals surface area contributed by atoms with Crippen molar-refractivity contribution in [2.24, 2.45) is 0 Å². The first-order valence-corrected chi connectivity index (χ1v) is 7.32. The van der Waals surface area contributed by atoms with E-state index in [-0.39, 0.29) is 31.6 Å². The first-order valence-electron chi connectivity index (χ1n) is 5.82. The second-order valence-electron chi connectivity index (χ2n) is 5.04. The van der Waals surface area contributed by atoms with Gasteiger partial charge in [0.05, 0.1) is 27.6 Å². The Hall–Kier alpha value is -0.720. The molecule has 0 spiro atoms. The maximum Gasteiger partial charge on any atom is 0.306 e. The maximum atomic E-state index is 11.4. The maximum absolute atomic E-state index is 11.4. The van der Waals surface area contributed by atoms with E-state index in [1.807, 2.05) is 21.1 Å². The smallest absolute Gasteiger partial charge is 0.306 e. The van der Waals surface area contributed by atoms with Crippen LogP contribution in [-0.4, -0.2) is 55.7 Å². The lowest BCUT2D eigenvalue weighted by Gasteiger charge is -2.34. The van der Waals surface area contributed by atoms with Crippen molar-refractivity contribution in [3.63, 3.8) is 0 Å². The number of phosphoric acid groups is 1. The third-order valence-electron chi connectivity index (χ3n) is 2.57. The van der Waals surface area contributed by atoms with E-state index in [4.69, 9.17) is 9.63 Å². The Labute approximate surface area is 113 Å². The Kier molecular flexibility index (Phi) is 7.47. The molecule has 8 heteroatoms. The average molecular weight is 295 g/mol. The van der Waals surface area contributed by atoms with Crippen LogP contribution in [0.5, 0.6) is 0 Å². The molecular weight excluding hydrogens is 273 g/mol. The van der Waals surface area contributed by atoms with E-state index in [0.29, 0.717) is 10.9 Å². The number of ether oxygens (including phenoxy) is 1. The number of phosphoric ester groups is 1. The van der Waals surface area contributed by atoms with Crippen LogP contribution in [0.3, 0.4) is 0 Å². The molecule has 2 unspecified atom stereocenters. The summed E-state index contributed by atoms with van der Waals surface area (Å²) in [6.45, 7) is 3.39. The molecule has 0 radical (unpaired) electrons. The fourth-order valence-electron chi connectivity index (χ4n) is 1.38. The highest BCUT2D eigenvalue weighted by molar-refractivity contribution is 7.44. The van der Waals surface area contributed by atoms with Gasteiger partial charge >= 0.3 is 5.97 Å². The van der Waals surface area contributed by atoms with Gasteiger partial charge < -0.3 is 23.5 Å². The zero-order chi connectivity index (χ0) is 15.1. The molecule has 0 heterocycles. The molecule has 0 saturated carbocycles. The monoisotopic (exact) mass is 295 g/mol. The molecule has 0 fully saturated rings. The van der Waals surface area contributed by atoms with Gasteiger partial charge in [-0.3, -0.25) is 9.36 Å². The van der Waals surface area contributed by atoms with Gasteiger partial charge in [-0.25, -0.2) is 0 Å². The zero-order valence-electron chi connectivity index (χ0n) is 11.6. The van der Waals surface area contributed by atoms with E-state index in [9.17, 15) is 14.3 Å². The van der Waals surface area contributed by atoms with E-state index in [1.54, 1.807) is 0 Å². The summed E-state index contributed by atoms with van der Waals surface area (Å²) in [5.74, 6) is -0.382. The van der Waals surface area contributed by atoms with Crippen LogP contribution in [0.1, 0.15) is 12.8 Å². The van der Waals surface area contributed by atoms with Gasteiger partial charge in [0.2, 0.25) is 0 Å². The van der Waals surface area contributed by atoms with Gasteiger partial charge in [0.15, 0.2) is 0 Å². The number of hydrogen-bond donors (Lipinski definition) is 1. The molecule has 2 atom stereocenters. The summed E-state index contributed by atoms with van der Waals surface area (Å²) < 4.78 is 20.2. The number of carbonyl (C=O) groups excluding carboxylic acids is 1. The predicted molar refractivity (Wildman–Crippen MR) is 68.0 cm³/mol. The van der Waals surface area contributed by atoms with Crippen molar-refractivity contribution in [3.8, 4) is 0 Å². The molecular formula is C11H22NO6P. The SMILES string of the molecule is C=CCOC(=O)CCC(COP(=O)([O-])O)[N+](C)(C)C. The lowest BCUT2D eigenvalue weighted by atomic mass is 10.1. The van der Waals surface area contributed by atoms with Gasteiger partial charge in [-0.1, -0.05) is 12.7 Å². The molecule has 0 saturated heterocycles. The summed E-state index contributed by atoms with van der Waals surface area (Å²) in [6, 6.07) is -0.259. The lowest BCUT2D eigenvalue weighted by molar-refractivity contribution is -0.896. The van der Waals surface area contributed by atoms with Crippen molar-refractivity contribution in [1.29, 1.82) is 0 Å². The third kappa shape index (κ3) is 9.81. The number of quaternary nitrogens is 1. The lowest BCUT2D eigenvalue weighted by Crippen LogP contribution is -2.48. The summed E-state index contributed by atoms with van der Waals surface area (Å²) in [4.78, 5) is 30.5. The molecule has 0 rings (SSSR count). The minimum Gasteiger partial charge on any atom is -0.756 e. The van der Waals surface area contributed by atoms with Gasteiger partial charge in [0.1, 0.15) is 19.3 Å². The fraction of sp³-hybridized carbons (Fsp3) is 0.727. The summed E-state index contributed by atoms with van der Waals surface area (Å²) in [7, 11) is 0.787. The molecule has 0 aromatic heterocycles. The summed E-state index contributed by atoms with van der Waals surface area (Å²) >= 11 is 0. The average Bonchev–Trinajstić information content (AvgIpc) is 2.22. The molecule has 112 valence electrons. The number of esters is 1. The highest BCUT2D eigenvalue weighted by Gasteiger charge is 2.26. The van der Waals surface area contributed by atoms with Gasteiger partial charge in [0, 0.05) is 6.42 Å². The van der Waals surface area contributed by atoms with Crippen LogP contribution in [0.2, 0.25) is 0 Å². The summed E-state index contributed by atoms with van der Waals surface area (Å²) in [5.41, 5.74) is 0. The number of carbonyl (C=O) groups is 1. The van der Waals surface area contributed by atoms with E-state index >= 15 is 0 Å². The largest absolute Gasteiger partial charge is 0.756 e. The highest BCUT2D eigenvalue weighted by Crippen LogP contribution is 2.31. The number of nitrogens with zero attached hydrogens (tertiary/aromatic N) is 1. The van der Waals surface area contributed by atoms with Crippen LogP contribution in [0.25, 0.3) is 0 Å². The van der Waals surface area contributed by atoms with Crippen molar-refractivity contribution in [2.45, 2.75) is 18.9 Å². The number of likely N-dealkylation sites (N-methyl/N-ethyl adjacent to an activating group) is 1. The van der Waals surface area contributed by atoms with E-state index in [1.165, 1.54) is 6.08 Å². The molecule has 7 nitrogen and oxygen atoms in total. The second-order valence-corrected chi connectivity index (χ2v) is 6.24. The summed E-state index contributed by atoms with van der Waals surface area (Å²) in [6.07, 6.45) is 2.00. The standard InChI is InChI=1S/C11H22NO6P/c1-5-8-17-11(13)7-6-10(12(2,3)4)9-18-19(14,15)16/h5,10H,1,6-9H2,2-4H3,(H-,14,15,16). The van der Waals surface area contributed by atoms with E-state index in [0.717, 1.165) is 0 Å². The molecule has 0 aromatic carbocycles. The third-order valence-corrected chi connectivity index (χ3v) is 3.04. The first-order chi connectivity index (χ1) is 8.56. The molecule has 0 aliphatic carbocycles. The minimum absolute atomic E-state index is 0.145. The predicted octanol–water partition coefficient (Wildman–Crippen LogP) is 0.0479. The first kappa shape index (κ1) is 18.3. The molecule has 0 aliphatic heterocycles. The molecule has 0 aliphatic rings. The van der Waals surface area contributed by atoms with Crippen molar-refractivity contribution in [3.05, 3.63) is 12.7 Å². The van der Waals surface area contributed by atoms with Crippen molar-refractivity contribution >= 4 is 13.8 Å². The quantitative estimate of drug-likeness (QED) is 0.279. The highest BCUT2D eigenvalue weighted by atomic mass is 31.2. The van der Waals surface area contributed by atoms with Gasteiger partial charge in [-0.05, 0) is 0 Å². The fourth-order valence-corrected chi connectivity index (χ4v) is 1.74. The number of hydrogen-bond acceptors (Lipinski definition) is 5. The zero-order valence-corrected chi connectivity index (χ0v) is 12.5. The Balaban J connectivity index is 4.33. The van der Waals surface area contributed by atoms with Crippen molar-refractivity contribution in [1.82, 2.24) is 0 Å². The van der Waals surface area contributed by atoms with Crippen molar-refractivity contribution in [2.75, 3.05) is 34.4 Å². The number of rotatable bonds is 9. The molecule has 0 aromatic rings. The van der Waals surface area contributed by atoms with Crippen molar-refractivity contribution < 1.29 is 32.9 Å². The Morgan fingerprint density at radius 1 is 1.53 bits per heavy atom. The molecule has 19 heavy (non-hydrogen) atoms. The van der Waals surface area contributed by atoms with Gasteiger partial charge in [-0.15, -0.1) is 0 Å². The van der Waals surface area contributed by atoms with Crippen LogP contribution in [-0.2, 0) is 18.6 Å². The minimum atomic E-state index is -4.74. The summed E-state index contributed by atoms with van der Waals surface area (Å²) in [5, 5.41) is 0. The van der Waals surface area contributed by atoms with Crippen LogP contribution in [0.4, 0.5) is 0 Å². The Bertz CT molecular complexity index is 346. The van der Waals surface area contributed by atoms with Gasteiger partial charge in [0.25, 0.3) is 7.82 Å². The van der Waals surface area contributed by atoms with E-state index < -0.39 is 7.82 Å². The second kappa shape index (κ2) is 7.77. The molecule has 1 N–H and O–H groups in total. The Morgan fingerprint density at radius 2 is 2.11 bits per heavy atom. The Morgan fingerprint density at radius 3 is 2.53 bits per heavy atom.